The van der Waals surface area contributed by atoms with E-state index < -0.39 is 12.1 Å². The molecule has 0 unspecified atom stereocenters. The highest BCUT2D eigenvalue weighted by Gasteiger charge is 2.38. The summed E-state index contributed by atoms with van der Waals surface area (Å²) in [5.74, 6) is -2.42. The molecule has 0 spiro atoms. The summed E-state index contributed by atoms with van der Waals surface area (Å²) in [5.41, 5.74) is 4.62. The fourth-order valence-corrected chi connectivity index (χ4v) is 4.96. The molecule has 1 aliphatic carbocycles. The molecule has 1 aromatic heterocycles. The van der Waals surface area contributed by atoms with Crippen molar-refractivity contribution in [2.45, 2.75) is 57.0 Å². The van der Waals surface area contributed by atoms with Gasteiger partial charge in [0.05, 0.1) is 12.7 Å². The lowest BCUT2D eigenvalue weighted by Gasteiger charge is -2.33. The summed E-state index contributed by atoms with van der Waals surface area (Å²) < 4.78 is 31.7. The number of nitriles is 1. The van der Waals surface area contributed by atoms with Crippen LogP contribution in [0.3, 0.4) is 0 Å². The topological polar surface area (TPSA) is 142 Å². The van der Waals surface area contributed by atoms with Gasteiger partial charge >= 0.3 is 12.1 Å². The fourth-order valence-electron chi connectivity index (χ4n) is 4.96. The molecule has 1 saturated heterocycles. The molecule has 1 aromatic carbocycles. The van der Waals surface area contributed by atoms with Crippen LogP contribution in [0.4, 0.5) is 18.9 Å². The van der Waals surface area contributed by atoms with Crippen molar-refractivity contribution < 1.29 is 32.7 Å². The van der Waals surface area contributed by atoms with Gasteiger partial charge in [-0.15, -0.1) is 0 Å². The van der Waals surface area contributed by atoms with Gasteiger partial charge in [-0.1, -0.05) is 18.6 Å². The molecule has 0 radical (unpaired) electrons. The smallest absolute Gasteiger partial charge is 0.475 e. The SMILES string of the molecule is CN(C)CC(=O)N1CCC(c2ccc(NC(=O)c3ncc(C#N)[nH]3)c(C3=CCCCCC3)c2)CC1.O=C(O)C(F)(F)F. The van der Waals surface area contributed by atoms with Crippen molar-refractivity contribution in [3.05, 3.63) is 53.1 Å². The number of aromatic amines is 1. The number of nitrogens with zero attached hydrogens (tertiary/aromatic N) is 4. The van der Waals surface area contributed by atoms with E-state index in [2.05, 4.69) is 33.5 Å². The first-order valence-electron chi connectivity index (χ1n) is 13.7. The standard InChI is InChI=1S/C27H34N6O2.C2HF3O2/c1-32(2)18-25(34)33-13-11-19(12-14-33)21-9-10-24(23(15-21)20-7-5-3-4-6-8-20)31-27(35)26-29-17-22(16-28)30-26;3-2(4,5)1(6)7/h7,9-10,15,17,19H,3-6,8,11-14,18H2,1-2H3,(H,29,30)(H,31,35);(H,6,7). The second-order valence-electron chi connectivity index (χ2n) is 10.5. The number of carbonyl (C=O) groups excluding carboxylic acids is 2. The van der Waals surface area contributed by atoms with E-state index in [1.54, 1.807) is 0 Å². The number of nitrogens with one attached hydrogen (secondary N) is 2. The van der Waals surface area contributed by atoms with Crippen LogP contribution < -0.4 is 5.32 Å². The highest BCUT2D eigenvalue weighted by molar-refractivity contribution is 6.03. The van der Waals surface area contributed by atoms with E-state index in [-0.39, 0.29) is 23.3 Å². The molecule has 1 fully saturated rings. The Morgan fingerprint density at radius 2 is 1.88 bits per heavy atom. The number of piperidine rings is 1. The van der Waals surface area contributed by atoms with Gasteiger partial charge in [0.25, 0.3) is 5.91 Å². The predicted octanol–water partition coefficient (Wildman–Crippen LogP) is 4.78. The molecular formula is C29H35F3N6O4. The summed E-state index contributed by atoms with van der Waals surface area (Å²) in [5, 5.41) is 19.2. The highest BCUT2D eigenvalue weighted by Crippen LogP contribution is 2.36. The van der Waals surface area contributed by atoms with E-state index in [4.69, 9.17) is 15.2 Å². The molecule has 2 aromatic rings. The number of benzene rings is 1. The van der Waals surface area contributed by atoms with E-state index in [9.17, 15) is 22.8 Å². The summed E-state index contributed by atoms with van der Waals surface area (Å²) >= 11 is 0. The number of rotatable bonds is 6. The quantitative estimate of drug-likeness (QED) is 0.441. The van der Waals surface area contributed by atoms with Crippen LogP contribution in [0.1, 0.15) is 78.3 Å². The monoisotopic (exact) mass is 588 g/mol. The minimum Gasteiger partial charge on any atom is -0.475 e. The van der Waals surface area contributed by atoms with E-state index in [1.807, 2.05) is 36.0 Å². The molecule has 13 heteroatoms. The van der Waals surface area contributed by atoms with Crippen LogP contribution >= 0.6 is 0 Å². The molecule has 0 atom stereocenters. The largest absolute Gasteiger partial charge is 0.490 e. The predicted molar refractivity (Wildman–Crippen MR) is 150 cm³/mol. The number of halogens is 3. The molecule has 2 aliphatic rings. The van der Waals surface area contributed by atoms with Gasteiger partial charge in [-0.25, -0.2) is 9.78 Å². The van der Waals surface area contributed by atoms with Crippen molar-refractivity contribution in [3.8, 4) is 6.07 Å². The summed E-state index contributed by atoms with van der Waals surface area (Å²) in [7, 11) is 3.84. The van der Waals surface area contributed by atoms with Crippen LogP contribution in [0.25, 0.3) is 5.57 Å². The van der Waals surface area contributed by atoms with Crippen LogP contribution in [0.2, 0.25) is 0 Å². The van der Waals surface area contributed by atoms with Crippen molar-refractivity contribution in [3.63, 3.8) is 0 Å². The van der Waals surface area contributed by atoms with Gasteiger partial charge in [-0.2, -0.15) is 18.4 Å². The Hall–Kier alpha value is -4.18. The first-order chi connectivity index (χ1) is 19.9. The molecule has 1 aliphatic heterocycles. The molecule has 3 N–H and O–H groups in total. The third-order valence-corrected chi connectivity index (χ3v) is 7.10. The van der Waals surface area contributed by atoms with Gasteiger partial charge in [0, 0.05) is 24.3 Å². The molecule has 10 nitrogen and oxygen atoms in total. The summed E-state index contributed by atoms with van der Waals surface area (Å²) in [4.78, 5) is 44.8. The van der Waals surface area contributed by atoms with Crippen LogP contribution in [-0.4, -0.2) is 82.6 Å². The van der Waals surface area contributed by atoms with Crippen molar-refractivity contribution in [2.24, 2.45) is 0 Å². The van der Waals surface area contributed by atoms with E-state index in [0.29, 0.717) is 12.5 Å². The minimum absolute atomic E-state index is 0.126. The second kappa shape index (κ2) is 14.6. The van der Waals surface area contributed by atoms with Crippen LogP contribution in [0.5, 0.6) is 0 Å². The van der Waals surface area contributed by atoms with E-state index in [1.165, 1.54) is 30.2 Å². The number of allylic oxidation sites excluding steroid dienone is 2. The van der Waals surface area contributed by atoms with Crippen LogP contribution in [0, 0.1) is 11.3 Å². The third-order valence-electron chi connectivity index (χ3n) is 7.10. The molecule has 0 bridgehead atoms. The van der Waals surface area contributed by atoms with Gasteiger partial charge in [-0.3, -0.25) is 9.59 Å². The van der Waals surface area contributed by atoms with E-state index in [0.717, 1.165) is 56.4 Å². The minimum atomic E-state index is -5.08. The molecular weight excluding hydrogens is 553 g/mol. The van der Waals surface area contributed by atoms with Gasteiger partial charge in [0.15, 0.2) is 5.82 Å². The maximum atomic E-state index is 12.8. The Kier molecular flexibility index (Phi) is 11.3. The maximum Gasteiger partial charge on any atom is 0.490 e. The number of carboxylic acid groups (broad SMARTS) is 1. The number of amides is 2. The molecule has 42 heavy (non-hydrogen) atoms. The Labute approximate surface area is 242 Å². The highest BCUT2D eigenvalue weighted by atomic mass is 19.4. The number of hydrogen-bond donors (Lipinski definition) is 3. The average molecular weight is 589 g/mol. The molecule has 0 saturated carbocycles. The average Bonchev–Trinajstić information content (AvgIpc) is 3.27. The molecule has 2 heterocycles. The molecule has 2 amide bonds. The normalized spacial score (nSPS) is 16.0. The van der Waals surface area contributed by atoms with Crippen molar-refractivity contribution in [1.82, 2.24) is 19.8 Å². The Morgan fingerprint density at radius 1 is 1.19 bits per heavy atom. The number of aliphatic carboxylic acids is 1. The first kappa shape index (κ1) is 32.3. The Morgan fingerprint density at radius 3 is 2.48 bits per heavy atom. The number of hydrogen-bond acceptors (Lipinski definition) is 6. The van der Waals surface area contributed by atoms with Crippen molar-refractivity contribution >= 4 is 29.0 Å². The lowest BCUT2D eigenvalue weighted by molar-refractivity contribution is -0.192. The van der Waals surface area contributed by atoms with Gasteiger partial charge < -0.3 is 25.2 Å². The van der Waals surface area contributed by atoms with Gasteiger partial charge in [0.1, 0.15) is 11.8 Å². The van der Waals surface area contributed by atoms with Crippen LogP contribution in [0.15, 0.2) is 30.5 Å². The number of likely N-dealkylation sites (N-methyl/N-ethyl adjacent to an activating group) is 1. The van der Waals surface area contributed by atoms with Gasteiger partial charge in [0.2, 0.25) is 5.91 Å². The van der Waals surface area contributed by atoms with E-state index >= 15 is 0 Å². The number of H-pyrrole nitrogens is 1. The van der Waals surface area contributed by atoms with Gasteiger partial charge in [-0.05, 0) is 81.8 Å². The zero-order valence-corrected chi connectivity index (χ0v) is 23.6. The lowest BCUT2D eigenvalue weighted by Crippen LogP contribution is -2.42. The Balaban J connectivity index is 0.000000616. The summed E-state index contributed by atoms with van der Waals surface area (Å²) in [6, 6.07) is 8.29. The lowest BCUT2D eigenvalue weighted by atomic mass is 9.86. The number of anilines is 1. The number of carboxylic acids is 1. The number of aromatic nitrogens is 2. The maximum absolute atomic E-state index is 12.8. The van der Waals surface area contributed by atoms with Crippen molar-refractivity contribution in [2.75, 3.05) is 39.0 Å². The Bertz CT molecular complexity index is 1340. The first-order valence-corrected chi connectivity index (χ1v) is 13.7. The molecule has 226 valence electrons. The summed E-state index contributed by atoms with van der Waals surface area (Å²) in [6.07, 6.45) is 6.04. The number of alkyl halides is 3. The number of imidazole rings is 1. The third kappa shape index (κ3) is 9.17. The van der Waals surface area contributed by atoms with Crippen LogP contribution in [-0.2, 0) is 9.59 Å². The zero-order valence-electron chi connectivity index (χ0n) is 23.6. The molecule has 4 rings (SSSR count). The second-order valence-corrected chi connectivity index (χ2v) is 10.5. The van der Waals surface area contributed by atoms with Crippen molar-refractivity contribution in [1.29, 1.82) is 5.26 Å². The fraction of sp³-hybridized carbons (Fsp3) is 0.483. The summed E-state index contributed by atoms with van der Waals surface area (Å²) in [6.45, 7) is 1.99. The zero-order chi connectivity index (χ0) is 30.9. The number of carbonyl (C=O) groups is 3. The number of likely N-dealkylation sites (tertiary alicyclic amines) is 1.